The fourth-order valence-corrected chi connectivity index (χ4v) is 3.06. The van der Waals surface area contributed by atoms with Crippen molar-refractivity contribution in [2.24, 2.45) is 11.8 Å². The third kappa shape index (κ3) is 3.26. The molecule has 18 heavy (non-hydrogen) atoms. The fourth-order valence-electron chi connectivity index (χ4n) is 2.70. The van der Waals surface area contributed by atoms with Gasteiger partial charge in [0.1, 0.15) is 6.07 Å². The minimum Gasteiger partial charge on any atom is -0.384 e. The summed E-state index contributed by atoms with van der Waals surface area (Å²) >= 11 is 3.40. The van der Waals surface area contributed by atoms with Gasteiger partial charge in [0, 0.05) is 11.0 Å². The van der Waals surface area contributed by atoms with Crippen molar-refractivity contribution in [3.8, 4) is 6.07 Å². The van der Waals surface area contributed by atoms with Gasteiger partial charge in [0.25, 0.3) is 0 Å². The predicted octanol–water partition coefficient (Wildman–Crippen LogP) is 4.56. The highest BCUT2D eigenvalue weighted by Gasteiger charge is 2.21. The maximum atomic E-state index is 9.12. The number of hydrogen-bond acceptors (Lipinski definition) is 2. The molecule has 0 radical (unpaired) electrons. The van der Waals surface area contributed by atoms with Gasteiger partial charge in [-0.25, -0.2) is 0 Å². The van der Waals surface area contributed by atoms with Crippen molar-refractivity contribution in [3.05, 3.63) is 28.2 Å². The third-order valence-electron chi connectivity index (χ3n) is 3.95. The highest BCUT2D eigenvalue weighted by atomic mass is 79.9. The highest BCUT2D eigenvalue weighted by Crippen LogP contribution is 2.30. The van der Waals surface area contributed by atoms with Gasteiger partial charge in [-0.1, -0.05) is 42.1 Å². The summed E-state index contributed by atoms with van der Waals surface area (Å²) in [5.41, 5.74) is 1.67. The molecular formula is C15H19BrN2. The Bertz CT molecular complexity index is 450. The first-order valence-electron chi connectivity index (χ1n) is 6.64. The molecule has 2 unspecified atom stereocenters. The van der Waals surface area contributed by atoms with Crippen molar-refractivity contribution < 1.29 is 0 Å². The molecule has 0 spiro atoms. The average molecular weight is 307 g/mol. The molecule has 0 bridgehead atoms. The van der Waals surface area contributed by atoms with Crippen molar-refractivity contribution in [1.82, 2.24) is 0 Å². The predicted molar refractivity (Wildman–Crippen MR) is 78.5 cm³/mol. The van der Waals surface area contributed by atoms with Crippen LogP contribution in [-0.2, 0) is 0 Å². The molecule has 96 valence electrons. The molecule has 1 aromatic rings. The SMILES string of the molecule is CC1CCCCC1CNc1ccc(Br)cc1C#N. The lowest BCUT2D eigenvalue weighted by Gasteiger charge is -2.29. The number of hydrogen-bond donors (Lipinski definition) is 1. The monoisotopic (exact) mass is 306 g/mol. The van der Waals surface area contributed by atoms with Crippen molar-refractivity contribution in [2.75, 3.05) is 11.9 Å². The van der Waals surface area contributed by atoms with Gasteiger partial charge in [0.2, 0.25) is 0 Å². The van der Waals surface area contributed by atoms with E-state index in [2.05, 4.69) is 34.2 Å². The minimum atomic E-state index is 0.716. The van der Waals surface area contributed by atoms with E-state index in [4.69, 9.17) is 5.26 Å². The summed E-state index contributed by atoms with van der Waals surface area (Å²) in [5.74, 6) is 1.54. The van der Waals surface area contributed by atoms with E-state index in [-0.39, 0.29) is 0 Å². The lowest BCUT2D eigenvalue weighted by molar-refractivity contribution is 0.268. The zero-order valence-electron chi connectivity index (χ0n) is 10.7. The van der Waals surface area contributed by atoms with Crippen molar-refractivity contribution >= 4 is 21.6 Å². The Morgan fingerprint density at radius 3 is 2.89 bits per heavy atom. The maximum Gasteiger partial charge on any atom is 0.101 e. The Hall–Kier alpha value is -1.01. The van der Waals surface area contributed by atoms with Gasteiger partial charge in [-0.2, -0.15) is 5.26 Å². The third-order valence-corrected chi connectivity index (χ3v) is 4.44. The number of nitriles is 1. The average Bonchev–Trinajstić information content (AvgIpc) is 2.39. The van der Waals surface area contributed by atoms with Crippen LogP contribution in [0.25, 0.3) is 0 Å². The quantitative estimate of drug-likeness (QED) is 0.888. The largest absolute Gasteiger partial charge is 0.384 e. The van der Waals surface area contributed by atoms with E-state index in [1.807, 2.05) is 18.2 Å². The fraction of sp³-hybridized carbons (Fsp3) is 0.533. The van der Waals surface area contributed by atoms with Gasteiger partial charge in [0.15, 0.2) is 0 Å². The van der Waals surface area contributed by atoms with E-state index >= 15 is 0 Å². The van der Waals surface area contributed by atoms with Gasteiger partial charge in [-0.15, -0.1) is 0 Å². The molecule has 3 heteroatoms. The van der Waals surface area contributed by atoms with E-state index < -0.39 is 0 Å². The standard InChI is InChI=1S/C15H19BrN2/c1-11-4-2-3-5-12(11)10-18-15-7-6-14(16)8-13(15)9-17/h6-8,11-12,18H,2-5,10H2,1H3. The normalized spacial score (nSPS) is 23.4. The number of anilines is 1. The van der Waals surface area contributed by atoms with Crippen molar-refractivity contribution in [3.63, 3.8) is 0 Å². The summed E-state index contributed by atoms with van der Waals surface area (Å²) < 4.78 is 0.954. The second kappa shape index (κ2) is 6.24. The summed E-state index contributed by atoms with van der Waals surface area (Å²) in [6, 6.07) is 8.07. The Morgan fingerprint density at radius 1 is 1.39 bits per heavy atom. The van der Waals surface area contributed by atoms with Crippen LogP contribution in [0.1, 0.15) is 38.2 Å². The van der Waals surface area contributed by atoms with E-state index in [9.17, 15) is 0 Å². The smallest absolute Gasteiger partial charge is 0.101 e. The van der Waals surface area contributed by atoms with Crippen LogP contribution in [0.5, 0.6) is 0 Å². The van der Waals surface area contributed by atoms with Crippen LogP contribution in [0.15, 0.2) is 22.7 Å². The minimum absolute atomic E-state index is 0.716. The van der Waals surface area contributed by atoms with Gasteiger partial charge in [-0.3, -0.25) is 0 Å². The van der Waals surface area contributed by atoms with Crippen LogP contribution in [0.2, 0.25) is 0 Å². The summed E-state index contributed by atoms with van der Waals surface area (Å²) in [6.07, 6.45) is 5.38. The van der Waals surface area contributed by atoms with E-state index in [1.54, 1.807) is 0 Å². The Labute approximate surface area is 118 Å². The second-order valence-corrected chi connectivity index (χ2v) is 6.12. The Kier molecular flexibility index (Phi) is 4.66. The molecule has 0 aliphatic heterocycles. The number of nitrogens with zero attached hydrogens (tertiary/aromatic N) is 1. The summed E-state index contributed by atoms with van der Waals surface area (Å²) in [7, 11) is 0. The Balaban J connectivity index is 1.99. The van der Waals surface area contributed by atoms with Gasteiger partial charge >= 0.3 is 0 Å². The number of rotatable bonds is 3. The maximum absolute atomic E-state index is 9.12. The molecular weight excluding hydrogens is 288 g/mol. The first-order valence-corrected chi connectivity index (χ1v) is 7.43. The molecule has 1 saturated carbocycles. The van der Waals surface area contributed by atoms with Crippen molar-refractivity contribution in [2.45, 2.75) is 32.6 Å². The lowest BCUT2D eigenvalue weighted by atomic mass is 9.80. The summed E-state index contributed by atoms with van der Waals surface area (Å²) in [4.78, 5) is 0. The molecule has 1 N–H and O–H groups in total. The molecule has 2 nitrogen and oxygen atoms in total. The number of benzene rings is 1. The lowest BCUT2D eigenvalue weighted by Crippen LogP contribution is -2.24. The molecule has 1 aliphatic rings. The van der Waals surface area contributed by atoms with Crippen LogP contribution in [0, 0.1) is 23.2 Å². The number of halogens is 1. The molecule has 0 heterocycles. The van der Waals surface area contributed by atoms with Gasteiger partial charge in [-0.05, 0) is 36.5 Å². The van der Waals surface area contributed by atoms with E-state index in [0.29, 0.717) is 5.56 Å². The van der Waals surface area contributed by atoms with Crippen LogP contribution in [0.4, 0.5) is 5.69 Å². The molecule has 1 aromatic carbocycles. The molecule has 0 aromatic heterocycles. The summed E-state index contributed by atoms with van der Waals surface area (Å²) in [6.45, 7) is 3.33. The molecule has 1 fully saturated rings. The molecule has 2 atom stereocenters. The highest BCUT2D eigenvalue weighted by molar-refractivity contribution is 9.10. The molecule has 0 saturated heterocycles. The first kappa shape index (κ1) is 13.4. The number of nitrogens with one attached hydrogen (secondary N) is 1. The van der Waals surface area contributed by atoms with Crippen molar-refractivity contribution in [1.29, 1.82) is 5.26 Å². The topological polar surface area (TPSA) is 35.8 Å². The molecule has 2 rings (SSSR count). The van der Waals surface area contributed by atoms with Crippen LogP contribution in [0.3, 0.4) is 0 Å². The zero-order chi connectivity index (χ0) is 13.0. The molecule has 1 aliphatic carbocycles. The summed E-state index contributed by atoms with van der Waals surface area (Å²) in [5, 5.41) is 12.6. The second-order valence-electron chi connectivity index (χ2n) is 5.20. The van der Waals surface area contributed by atoms with Crippen LogP contribution < -0.4 is 5.32 Å². The van der Waals surface area contributed by atoms with Crippen LogP contribution in [-0.4, -0.2) is 6.54 Å². The van der Waals surface area contributed by atoms with Crippen LogP contribution >= 0.6 is 15.9 Å². The van der Waals surface area contributed by atoms with Gasteiger partial charge in [0.05, 0.1) is 11.3 Å². The Morgan fingerprint density at radius 2 is 2.17 bits per heavy atom. The van der Waals surface area contributed by atoms with Gasteiger partial charge < -0.3 is 5.32 Å². The van der Waals surface area contributed by atoms with E-state index in [1.165, 1.54) is 25.7 Å². The van der Waals surface area contributed by atoms with E-state index in [0.717, 1.165) is 28.5 Å². The first-order chi connectivity index (χ1) is 8.70. The zero-order valence-corrected chi connectivity index (χ0v) is 12.3. The molecule has 0 amide bonds.